The summed E-state index contributed by atoms with van der Waals surface area (Å²) >= 11 is 0. The van der Waals surface area contributed by atoms with Crippen LogP contribution in [0.25, 0.3) is 6.08 Å². The second kappa shape index (κ2) is 6.75. The summed E-state index contributed by atoms with van der Waals surface area (Å²) in [5.74, 6) is -3.51. The molecule has 0 aliphatic heterocycles. The summed E-state index contributed by atoms with van der Waals surface area (Å²) in [4.78, 5) is 0. The number of hydrogen-bond acceptors (Lipinski definition) is 1. The molecular formula is C15H20F3N. The molecule has 0 saturated carbocycles. The van der Waals surface area contributed by atoms with Crippen LogP contribution in [-0.2, 0) is 0 Å². The number of hydrogen-bond donors (Lipinski definition) is 1. The Bertz CT molecular complexity index is 441. The molecule has 0 aliphatic rings. The van der Waals surface area contributed by atoms with E-state index in [0.717, 1.165) is 17.7 Å². The molecule has 0 bridgehead atoms. The first-order chi connectivity index (χ1) is 8.81. The van der Waals surface area contributed by atoms with Crippen molar-refractivity contribution in [1.29, 1.82) is 0 Å². The van der Waals surface area contributed by atoms with Gasteiger partial charge in [-0.1, -0.05) is 39.3 Å². The van der Waals surface area contributed by atoms with Gasteiger partial charge in [0.1, 0.15) is 0 Å². The van der Waals surface area contributed by atoms with Crippen LogP contribution in [0.5, 0.6) is 0 Å². The lowest BCUT2D eigenvalue weighted by Gasteiger charge is -2.15. The highest BCUT2D eigenvalue weighted by Crippen LogP contribution is 2.18. The molecule has 1 aromatic carbocycles. The Morgan fingerprint density at radius 3 is 2.05 bits per heavy atom. The van der Waals surface area contributed by atoms with E-state index in [9.17, 15) is 13.2 Å². The Labute approximate surface area is 112 Å². The van der Waals surface area contributed by atoms with Crippen molar-refractivity contribution in [2.24, 2.45) is 5.92 Å². The molecule has 1 nitrogen and oxygen atoms in total. The van der Waals surface area contributed by atoms with Crippen molar-refractivity contribution in [2.45, 2.75) is 33.7 Å². The number of rotatable bonds is 5. The third kappa shape index (κ3) is 4.71. The maximum atomic E-state index is 13.1. The van der Waals surface area contributed by atoms with Gasteiger partial charge >= 0.3 is 0 Å². The monoisotopic (exact) mass is 271 g/mol. The molecule has 19 heavy (non-hydrogen) atoms. The van der Waals surface area contributed by atoms with E-state index in [-0.39, 0.29) is 5.92 Å². The van der Waals surface area contributed by atoms with Gasteiger partial charge in [-0.05, 0) is 23.6 Å². The predicted molar refractivity (Wildman–Crippen MR) is 72.3 cm³/mol. The van der Waals surface area contributed by atoms with Crippen LogP contribution in [0.2, 0.25) is 0 Å². The minimum absolute atomic E-state index is 0.238. The molecule has 0 aromatic heterocycles. The van der Waals surface area contributed by atoms with E-state index in [1.807, 2.05) is 27.7 Å². The molecule has 0 saturated heterocycles. The van der Waals surface area contributed by atoms with Crippen LogP contribution in [0.15, 0.2) is 17.7 Å². The smallest absolute Gasteiger partial charge is 0.194 e. The molecule has 0 radical (unpaired) electrons. The lowest BCUT2D eigenvalue weighted by Crippen LogP contribution is -2.26. The van der Waals surface area contributed by atoms with E-state index in [0.29, 0.717) is 18.2 Å². The summed E-state index contributed by atoms with van der Waals surface area (Å²) < 4.78 is 39.2. The van der Waals surface area contributed by atoms with Gasteiger partial charge < -0.3 is 5.32 Å². The molecule has 0 spiro atoms. The largest absolute Gasteiger partial charge is 0.311 e. The first-order valence-corrected chi connectivity index (χ1v) is 6.39. The molecular weight excluding hydrogens is 251 g/mol. The van der Waals surface area contributed by atoms with Gasteiger partial charge in [-0.2, -0.15) is 0 Å². The van der Waals surface area contributed by atoms with Crippen molar-refractivity contribution in [3.8, 4) is 0 Å². The van der Waals surface area contributed by atoms with Crippen LogP contribution in [0.4, 0.5) is 13.2 Å². The molecule has 0 fully saturated rings. The Balaban J connectivity index is 3.01. The first-order valence-electron chi connectivity index (χ1n) is 6.39. The second-order valence-electron chi connectivity index (χ2n) is 5.21. The van der Waals surface area contributed by atoms with E-state index in [2.05, 4.69) is 5.32 Å². The second-order valence-corrected chi connectivity index (χ2v) is 5.21. The van der Waals surface area contributed by atoms with Crippen molar-refractivity contribution in [3.05, 3.63) is 40.7 Å². The van der Waals surface area contributed by atoms with Gasteiger partial charge in [-0.25, -0.2) is 13.2 Å². The van der Waals surface area contributed by atoms with Crippen LogP contribution in [-0.4, -0.2) is 12.6 Å². The summed E-state index contributed by atoms with van der Waals surface area (Å²) in [5.41, 5.74) is 1.35. The predicted octanol–water partition coefficient (Wildman–Crippen LogP) is 4.14. The first kappa shape index (κ1) is 15.8. The third-order valence-electron chi connectivity index (χ3n) is 2.81. The van der Waals surface area contributed by atoms with E-state index in [1.54, 1.807) is 6.08 Å². The molecule has 0 aliphatic carbocycles. The number of benzene rings is 1. The van der Waals surface area contributed by atoms with Crippen LogP contribution >= 0.6 is 0 Å². The minimum Gasteiger partial charge on any atom is -0.311 e. The fourth-order valence-corrected chi connectivity index (χ4v) is 1.62. The Morgan fingerprint density at radius 1 is 1.11 bits per heavy atom. The molecule has 0 atom stereocenters. The average molecular weight is 271 g/mol. The highest BCUT2D eigenvalue weighted by atomic mass is 19.2. The maximum absolute atomic E-state index is 13.1. The van der Waals surface area contributed by atoms with Crippen molar-refractivity contribution < 1.29 is 13.2 Å². The van der Waals surface area contributed by atoms with Crippen LogP contribution < -0.4 is 5.32 Å². The molecule has 0 heterocycles. The molecule has 1 rings (SSSR count). The summed E-state index contributed by atoms with van der Waals surface area (Å²) in [6.07, 6.45) is 1.70. The topological polar surface area (TPSA) is 12.0 Å². The molecule has 4 heteroatoms. The van der Waals surface area contributed by atoms with Crippen molar-refractivity contribution in [3.63, 3.8) is 0 Å². The summed E-state index contributed by atoms with van der Waals surface area (Å²) in [6, 6.07) is 2.34. The van der Waals surface area contributed by atoms with Gasteiger partial charge in [0, 0.05) is 12.6 Å². The normalized spacial score (nSPS) is 12.6. The van der Waals surface area contributed by atoms with Gasteiger partial charge in [0.05, 0.1) is 0 Å². The third-order valence-corrected chi connectivity index (χ3v) is 2.81. The van der Waals surface area contributed by atoms with Crippen molar-refractivity contribution >= 4 is 6.08 Å². The fourth-order valence-electron chi connectivity index (χ4n) is 1.62. The zero-order valence-corrected chi connectivity index (χ0v) is 11.7. The van der Waals surface area contributed by atoms with E-state index in [4.69, 9.17) is 0 Å². The van der Waals surface area contributed by atoms with Gasteiger partial charge in [0.25, 0.3) is 0 Å². The molecule has 0 amide bonds. The van der Waals surface area contributed by atoms with Crippen molar-refractivity contribution in [1.82, 2.24) is 5.32 Å². The zero-order chi connectivity index (χ0) is 14.6. The minimum atomic E-state index is -1.43. The van der Waals surface area contributed by atoms with Crippen LogP contribution in [0, 0.1) is 23.4 Å². The van der Waals surface area contributed by atoms with Gasteiger partial charge in [0.2, 0.25) is 0 Å². The van der Waals surface area contributed by atoms with Gasteiger partial charge in [0.15, 0.2) is 17.5 Å². The lowest BCUT2D eigenvalue weighted by atomic mass is 10.00. The number of nitrogens with one attached hydrogen (secondary N) is 1. The average Bonchev–Trinajstić information content (AvgIpc) is 2.30. The fraction of sp³-hybridized carbons (Fsp3) is 0.467. The summed E-state index contributed by atoms with van der Waals surface area (Å²) in [7, 11) is 0. The molecule has 0 unspecified atom stereocenters. The Kier molecular flexibility index (Phi) is 5.60. The Morgan fingerprint density at radius 2 is 1.63 bits per heavy atom. The summed E-state index contributed by atoms with van der Waals surface area (Å²) in [5, 5.41) is 3.26. The Hall–Kier alpha value is -1.29. The SMILES string of the molecule is CC(C)NCC(=Cc1cc(F)c(F)c(F)c1)C(C)C. The van der Waals surface area contributed by atoms with Crippen LogP contribution in [0.3, 0.4) is 0 Å². The maximum Gasteiger partial charge on any atom is 0.194 e. The summed E-state index contributed by atoms with van der Waals surface area (Å²) in [6.45, 7) is 8.69. The highest BCUT2D eigenvalue weighted by molar-refractivity contribution is 5.54. The van der Waals surface area contributed by atoms with E-state index in [1.165, 1.54) is 0 Å². The standard InChI is InChI=1S/C15H20F3N/c1-9(2)12(8-19-10(3)4)5-11-6-13(16)15(18)14(17)7-11/h5-7,9-10,19H,8H2,1-4H3. The van der Waals surface area contributed by atoms with Gasteiger partial charge in [-0.15, -0.1) is 0 Å². The number of halogens is 3. The van der Waals surface area contributed by atoms with E-state index >= 15 is 0 Å². The molecule has 1 N–H and O–H groups in total. The van der Waals surface area contributed by atoms with Crippen LogP contribution in [0.1, 0.15) is 33.3 Å². The zero-order valence-electron chi connectivity index (χ0n) is 11.7. The lowest BCUT2D eigenvalue weighted by molar-refractivity contribution is 0.447. The quantitative estimate of drug-likeness (QED) is 0.794. The molecule has 1 aromatic rings. The van der Waals surface area contributed by atoms with Gasteiger partial charge in [-0.3, -0.25) is 0 Å². The van der Waals surface area contributed by atoms with Crippen molar-refractivity contribution in [2.75, 3.05) is 6.54 Å². The van der Waals surface area contributed by atoms with E-state index < -0.39 is 17.5 Å². The molecule has 106 valence electrons. The highest BCUT2D eigenvalue weighted by Gasteiger charge is 2.11.